The Morgan fingerprint density at radius 3 is 2.50 bits per heavy atom. The van der Waals surface area contributed by atoms with Gasteiger partial charge in [-0.1, -0.05) is 13.0 Å². The van der Waals surface area contributed by atoms with Crippen molar-refractivity contribution >= 4 is 23.6 Å². The van der Waals surface area contributed by atoms with Crippen LogP contribution in [0.25, 0.3) is 0 Å². The number of carbonyl (C=O) groups is 2. The molecule has 1 aromatic heterocycles. The summed E-state index contributed by atoms with van der Waals surface area (Å²) in [6.07, 6.45) is 0.802. The number of rotatable bonds is 8. The normalized spacial score (nSPS) is 16.4. The number of nitrogens with zero attached hydrogens (tertiary/aromatic N) is 5. The highest BCUT2D eigenvalue weighted by atomic mass is 19.1. The molecule has 1 unspecified atom stereocenters. The maximum atomic E-state index is 14.6. The molecule has 0 aliphatic carbocycles. The highest BCUT2D eigenvalue weighted by Gasteiger charge is 2.35. The van der Waals surface area contributed by atoms with Crippen LogP contribution >= 0.6 is 0 Å². The maximum Gasteiger partial charge on any atom is 0.273 e. The fourth-order valence-corrected chi connectivity index (χ4v) is 4.48. The van der Waals surface area contributed by atoms with Crippen molar-refractivity contribution in [2.45, 2.75) is 59.7 Å². The van der Waals surface area contributed by atoms with Crippen LogP contribution in [0.3, 0.4) is 0 Å². The van der Waals surface area contributed by atoms with E-state index < -0.39 is 5.82 Å². The minimum atomic E-state index is -0.410. The van der Waals surface area contributed by atoms with Crippen LogP contribution in [0.4, 0.5) is 16.2 Å². The Balaban J connectivity index is 1.62. The Kier molecular flexibility index (Phi) is 7.61. The number of benzene rings is 1. The molecule has 0 spiro atoms. The van der Waals surface area contributed by atoms with Gasteiger partial charge in [-0.15, -0.1) is 0 Å². The van der Waals surface area contributed by atoms with E-state index in [-0.39, 0.29) is 29.6 Å². The second kappa shape index (κ2) is 10.7. The lowest BCUT2D eigenvalue weighted by molar-refractivity contribution is -0.129. The van der Waals surface area contributed by atoms with Crippen LogP contribution in [0.5, 0.6) is 5.75 Å². The average molecular weight is 499 g/mol. The molecule has 0 radical (unpaired) electrons. The predicted molar refractivity (Wildman–Crippen MR) is 136 cm³/mol. The number of amides is 2. The topological polar surface area (TPSA) is 90.9 Å². The Morgan fingerprint density at radius 1 is 1.17 bits per heavy atom. The molecule has 2 aromatic rings. The lowest BCUT2D eigenvalue weighted by Crippen LogP contribution is -2.48. The van der Waals surface area contributed by atoms with Crippen molar-refractivity contribution in [2.75, 3.05) is 43.0 Å². The van der Waals surface area contributed by atoms with E-state index in [4.69, 9.17) is 9.72 Å². The van der Waals surface area contributed by atoms with Crippen LogP contribution in [-0.4, -0.2) is 70.4 Å². The first-order valence-corrected chi connectivity index (χ1v) is 12.6. The summed E-state index contributed by atoms with van der Waals surface area (Å²) in [5.41, 5.74) is 1.88. The van der Waals surface area contributed by atoms with E-state index >= 15 is 0 Å². The fraction of sp³-hybridized carbons (Fsp3) is 0.538. The highest BCUT2D eigenvalue weighted by Crippen LogP contribution is 2.33. The van der Waals surface area contributed by atoms with E-state index in [9.17, 15) is 14.0 Å². The zero-order valence-corrected chi connectivity index (χ0v) is 21.7. The standard InChI is InChI=1S/C26H35FN6O3/c1-6-13-36-22-8-7-19(14-21(22)27)17(4)28-24-20-15-33(16(2)3)25(35)23(20)29-26(30-24)32-11-9-31(10-12-32)18(5)34/h7-8,14,16-17H,6,9-13,15H2,1-5H3,(H,28,29,30). The third-order valence-electron chi connectivity index (χ3n) is 6.69. The Bertz CT molecular complexity index is 1130. The number of hydrogen-bond donors (Lipinski definition) is 1. The van der Waals surface area contributed by atoms with Gasteiger partial charge in [0, 0.05) is 44.7 Å². The number of aromatic nitrogens is 2. The van der Waals surface area contributed by atoms with E-state index in [1.807, 2.05) is 38.7 Å². The van der Waals surface area contributed by atoms with Crippen LogP contribution in [0.15, 0.2) is 18.2 Å². The van der Waals surface area contributed by atoms with Gasteiger partial charge in [0.25, 0.3) is 5.91 Å². The second-order valence-electron chi connectivity index (χ2n) is 9.62. The molecule has 1 saturated heterocycles. The first-order valence-electron chi connectivity index (χ1n) is 12.6. The summed E-state index contributed by atoms with van der Waals surface area (Å²) in [4.78, 5) is 39.9. The molecule has 1 atom stereocenters. The zero-order valence-electron chi connectivity index (χ0n) is 21.7. The molecule has 1 N–H and O–H groups in total. The Morgan fingerprint density at radius 2 is 1.89 bits per heavy atom. The van der Waals surface area contributed by atoms with E-state index in [0.29, 0.717) is 56.8 Å². The molecule has 2 aliphatic rings. The number of anilines is 2. The molecule has 3 heterocycles. The second-order valence-corrected chi connectivity index (χ2v) is 9.62. The van der Waals surface area contributed by atoms with Crippen LogP contribution in [0.1, 0.15) is 68.7 Å². The van der Waals surface area contributed by atoms with Crippen molar-refractivity contribution in [3.63, 3.8) is 0 Å². The van der Waals surface area contributed by atoms with Crippen LogP contribution in [0.2, 0.25) is 0 Å². The number of hydrogen-bond acceptors (Lipinski definition) is 7. The minimum absolute atomic E-state index is 0.0179. The average Bonchev–Trinajstić information content (AvgIpc) is 3.20. The van der Waals surface area contributed by atoms with Crippen molar-refractivity contribution in [2.24, 2.45) is 0 Å². The molecule has 0 saturated carbocycles. The molecule has 2 amide bonds. The molecular formula is C26H35FN6O3. The summed E-state index contributed by atoms with van der Waals surface area (Å²) in [5, 5.41) is 3.41. The lowest BCUT2D eigenvalue weighted by Gasteiger charge is -2.34. The van der Waals surface area contributed by atoms with Crippen molar-refractivity contribution in [3.8, 4) is 5.75 Å². The van der Waals surface area contributed by atoms with Gasteiger partial charge in [0.05, 0.1) is 19.2 Å². The molecule has 2 aliphatic heterocycles. The highest BCUT2D eigenvalue weighted by molar-refractivity contribution is 5.98. The van der Waals surface area contributed by atoms with Crippen molar-refractivity contribution in [1.29, 1.82) is 0 Å². The summed E-state index contributed by atoms with van der Waals surface area (Å²) in [5.74, 6) is 0.778. The Labute approximate surface area is 211 Å². The van der Waals surface area contributed by atoms with Gasteiger partial charge in [0.1, 0.15) is 11.5 Å². The molecular weight excluding hydrogens is 463 g/mol. The van der Waals surface area contributed by atoms with E-state index in [2.05, 4.69) is 10.3 Å². The first kappa shape index (κ1) is 25.7. The predicted octanol–water partition coefficient (Wildman–Crippen LogP) is 3.61. The smallest absolute Gasteiger partial charge is 0.273 e. The summed E-state index contributed by atoms with van der Waals surface area (Å²) >= 11 is 0. The van der Waals surface area contributed by atoms with Crippen molar-refractivity contribution in [3.05, 3.63) is 40.8 Å². The molecule has 10 heteroatoms. The third-order valence-corrected chi connectivity index (χ3v) is 6.69. The number of fused-ring (bicyclic) bond motifs is 1. The summed E-state index contributed by atoms with van der Waals surface area (Å²) in [6.45, 7) is 12.6. The monoisotopic (exact) mass is 498 g/mol. The van der Waals surface area contributed by atoms with Gasteiger partial charge in [-0.3, -0.25) is 9.59 Å². The fourth-order valence-electron chi connectivity index (χ4n) is 4.48. The van der Waals surface area contributed by atoms with Gasteiger partial charge in [-0.2, -0.15) is 4.98 Å². The minimum Gasteiger partial charge on any atom is -0.491 e. The quantitative estimate of drug-likeness (QED) is 0.595. The van der Waals surface area contributed by atoms with Crippen molar-refractivity contribution < 1.29 is 18.7 Å². The molecule has 4 rings (SSSR count). The maximum absolute atomic E-state index is 14.6. The van der Waals surface area contributed by atoms with Gasteiger partial charge in [-0.05, 0) is 44.9 Å². The van der Waals surface area contributed by atoms with Gasteiger partial charge >= 0.3 is 0 Å². The molecule has 36 heavy (non-hydrogen) atoms. The summed E-state index contributed by atoms with van der Waals surface area (Å²) in [6, 6.07) is 4.69. The van der Waals surface area contributed by atoms with E-state index in [1.54, 1.807) is 22.8 Å². The van der Waals surface area contributed by atoms with Crippen LogP contribution in [-0.2, 0) is 11.3 Å². The zero-order chi connectivity index (χ0) is 26.0. The van der Waals surface area contributed by atoms with Gasteiger partial charge in [0.2, 0.25) is 11.9 Å². The van der Waals surface area contributed by atoms with Gasteiger partial charge in [0.15, 0.2) is 11.6 Å². The number of nitrogens with one attached hydrogen (secondary N) is 1. The summed E-state index contributed by atoms with van der Waals surface area (Å²) < 4.78 is 20.1. The number of ether oxygens (including phenoxy) is 1. The lowest BCUT2D eigenvalue weighted by atomic mass is 10.1. The van der Waals surface area contributed by atoms with Crippen LogP contribution < -0.4 is 15.0 Å². The van der Waals surface area contributed by atoms with Crippen molar-refractivity contribution in [1.82, 2.24) is 19.8 Å². The number of carbonyl (C=O) groups excluding carboxylic acids is 2. The molecule has 1 fully saturated rings. The molecule has 194 valence electrons. The SMILES string of the molecule is CCCOc1ccc(C(C)Nc2nc(N3CCN(C(C)=O)CC3)nc3c2CN(C(C)C)C3=O)cc1F. The summed E-state index contributed by atoms with van der Waals surface area (Å²) in [7, 11) is 0. The van der Waals surface area contributed by atoms with E-state index in [1.165, 1.54) is 6.07 Å². The van der Waals surface area contributed by atoms with E-state index in [0.717, 1.165) is 17.5 Å². The van der Waals surface area contributed by atoms with Crippen LogP contribution in [0, 0.1) is 5.82 Å². The molecule has 1 aromatic carbocycles. The molecule has 9 nitrogen and oxygen atoms in total. The third kappa shape index (κ3) is 5.22. The Hall–Kier alpha value is -3.43. The first-order chi connectivity index (χ1) is 17.2. The largest absolute Gasteiger partial charge is 0.491 e. The van der Waals surface area contributed by atoms with Gasteiger partial charge in [-0.25, -0.2) is 9.37 Å². The molecule has 0 bridgehead atoms. The van der Waals surface area contributed by atoms with Gasteiger partial charge < -0.3 is 24.8 Å². The number of halogens is 1. The number of piperazine rings is 1.